The highest BCUT2D eigenvalue weighted by molar-refractivity contribution is 9.10. The molecule has 0 saturated carbocycles. The van der Waals surface area contributed by atoms with Gasteiger partial charge in [-0.15, -0.1) is 11.3 Å². The minimum absolute atomic E-state index is 0.0611. The van der Waals surface area contributed by atoms with Crippen molar-refractivity contribution in [3.63, 3.8) is 0 Å². The summed E-state index contributed by atoms with van der Waals surface area (Å²) in [5, 5.41) is 0. The first kappa shape index (κ1) is 12.3. The molecule has 0 bridgehead atoms. The molecule has 2 aromatic rings. The summed E-state index contributed by atoms with van der Waals surface area (Å²) in [7, 11) is 0. The van der Waals surface area contributed by atoms with Crippen LogP contribution in [0, 0.1) is 6.92 Å². The number of rotatable bonds is 3. The lowest BCUT2D eigenvalue weighted by atomic mass is 10.2. The number of allylic oxidation sites excluding steroid dienone is 1. The Bertz CT molecular complexity index is 552. The third-order valence-corrected chi connectivity index (χ3v) is 3.82. The van der Waals surface area contributed by atoms with Gasteiger partial charge in [-0.1, -0.05) is 34.1 Å². The van der Waals surface area contributed by atoms with Gasteiger partial charge in [-0.05, 0) is 42.8 Å². The number of benzene rings is 1. The fraction of sp³-hybridized carbons (Fsp3) is 0.0714. The number of hydrogen-bond donors (Lipinski definition) is 0. The first-order valence-electron chi connectivity index (χ1n) is 5.19. The third kappa shape index (κ3) is 3.38. The van der Waals surface area contributed by atoms with Crippen LogP contribution in [0.15, 0.2) is 46.9 Å². The highest BCUT2D eigenvalue weighted by Gasteiger charge is 2.03. The van der Waals surface area contributed by atoms with Crippen LogP contribution in [0.3, 0.4) is 0 Å². The molecule has 1 aromatic carbocycles. The van der Waals surface area contributed by atoms with Gasteiger partial charge in [0.15, 0.2) is 5.78 Å². The Hall–Kier alpha value is -1.19. The molecule has 1 heterocycles. The second kappa shape index (κ2) is 5.43. The van der Waals surface area contributed by atoms with Crippen molar-refractivity contribution in [1.82, 2.24) is 0 Å². The first-order valence-corrected chi connectivity index (χ1v) is 6.80. The molecule has 0 saturated heterocycles. The molecule has 0 aliphatic carbocycles. The van der Waals surface area contributed by atoms with Crippen LogP contribution in [-0.2, 0) is 0 Å². The average molecular weight is 307 g/mol. The first-order chi connectivity index (χ1) is 8.15. The van der Waals surface area contributed by atoms with Gasteiger partial charge in [-0.2, -0.15) is 0 Å². The average Bonchev–Trinajstić information content (AvgIpc) is 2.75. The summed E-state index contributed by atoms with van der Waals surface area (Å²) >= 11 is 4.90. The van der Waals surface area contributed by atoms with E-state index in [-0.39, 0.29) is 5.78 Å². The standard InChI is InChI=1S/C14H11BrOS/c1-10-2-9-14(17-10)13(16)8-5-11-3-6-12(15)7-4-11/h2-9H,1H3. The van der Waals surface area contributed by atoms with Gasteiger partial charge >= 0.3 is 0 Å². The fourth-order valence-electron chi connectivity index (χ4n) is 1.39. The monoisotopic (exact) mass is 306 g/mol. The summed E-state index contributed by atoms with van der Waals surface area (Å²) < 4.78 is 1.04. The van der Waals surface area contributed by atoms with Crippen LogP contribution in [0.4, 0.5) is 0 Å². The quantitative estimate of drug-likeness (QED) is 0.592. The topological polar surface area (TPSA) is 17.1 Å². The molecule has 2 rings (SSSR count). The zero-order valence-electron chi connectivity index (χ0n) is 9.31. The van der Waals surface area contributed by atoms with Gasteiger partial charge in [0.05, 0.1) is 4.88 Å². The molecule has 0 amide bonds. The van der Waals surface area contributed by atoms with E-state index in [9.17, 15) is 4.79 Å². The van der Waals surface area contributed by atoms with E-state index in [1.54, 1.807) is 6.08 Å². The Morgan fingerprint density at radius 3 is 2.47 bits per heavy atom. The molecular weight excluding hydrogens is 296 g/mol. The molecule has 0 radical (unpaired) electrons. The molecule has 0 aliphatic heterocycles. The van der Waals surface area contributed by atoms with Crippen LogP contribution in [0.2, 0.25) is 0 Å². The normalized spacial score (nSPS) is 10.9. The summed E-state index contributed by atoms with van der Waals surface area (Å²) in [5.41, 5.74) is 1.02. The number of halogens is 1. The summed E-state index contributed by atoms with van der Waals surface area (Å²) in [4.78, 5) is 13.8. The van der Waals surface area contributed by atoms with Gasteiger partial charge in [0.2, 0.25) is 0 Å². The smallest absolute Gasteiger partial charge is 0.195 e. The van der Waals surface area contributed by atoms with Gasteiger partial charge in [-0.25, -0.2) is 0 Å². The summed E-state index contributed by atoms with van der Waals surface area (Å²) in [6.07, 6.45) is 3.46. The predicted octanol–water partition coefficient (Wildman–Crippen LogP) is 4.72. The zero-order chi connectivity index (χ0) is 12.3. The van der Waals surface area contributed by atoms with Gasteiger partial charge in [0.25, 0.3) is 0 Å². The van der Waals surface area contributed by atoms with E-state index in [0.29, 0.717) is 0 Å². The molecule has 3 heteroatoms. The highest BCUT2D eigenvalue weighted by Crippen LogP contribution is 2.17. The van der Waals surface area contributed by atoms with E-state index in [4.69, 9.17) is 0 Å². The molecule has 1 nitrogen and oxygen atoms in total. The van der Waals surface area contributed by atoms with Crippen LogP contribution < -0.4 is 0 Å². The lowest BCUT2D eigenvalue weighted by Crippen LogP contribution is -1.88. The van der Waals surface area contributed by atoms with E-state index in [1.165, 1.54) is 11.3 Å². The summed E-state index contributed by atoms with van der Waals surface area (Å²) in [6.45, 7) is 2.00. The molecular formula is C14H11BrOS. The van der Waals surface area contributed by atoms with E-state index in [0.717, 1.165) is 19.8 Å². The van der Waals surface area contributed by atoms with Crippen molar-refractivity contribution in [2.24, 2.45) is 0 Å². The van der Waals surface area contributed by atoms with Crippen LogP contribution in [0.25, 0.3) is 6.08 Å². The molecule has 0 N–H and O–H groups in total. The maximum atomic E-state index is 11.8. The second-order valence-electron chi connectivity index (χ2n) is 3.66. The Morgan fingerprint density at radius 2 is 1.88 bits per heavy atom. The van der Waals surface area contributed by atoms with E-state index in [1.807, 2.05) is 49.4 Å². The van der Waals surface area contributed by atoms with Crippen LogP contribution in [0.5, 0.6) is 0 Å². The van der Waals surface area contributed by atoms with Crippen molar-refractivity contribution in [2.75, 3.05) is 0 Å². The Morgan fingerprint density at radius 1 is 1.18 bits per heavy atom. The largest absolute Gasteiger partial charge is 0.288 e. The van der Waals surface area contributed by atoms with Crippen molar-refractivity contribution in [1.29, 1.82) is 0 Å². The van der Waals surface area contributed by atoms with Crippen molar-refractivity contribution in [2.45, 2.75) is 6.92 Å². The molecule has 1 aromatic heterocycles. The predicted molar refractivity (Wildman–Crippen MR) is 76.6 cm³/mol. The fourth-order valence-corrected chi connectivity index (χ4v) is 2.45. The lowest BCUT2D eigenvalue weighted by Gasteiger charge is -1.93. The van der Waals surface area contributed by atoms with Crippen LogP contribution >= 0.6 is 27.3 Å². The van der Waals surface area contributed by atoms with Gasteiger partial charge in [-0.3, -0.25) is 4.79 Å². The minimum Gasteiger partial charge on any atom is -0.288 e. The minimum atomic E-state index is 0.0611. The van der Waals surface area contributed by atoms with Gasteiger partial charge in [0, 0.05) is 9.35 Å². The van der Waals surface area contributed by atoms with Crippen molar-refractivity contribution in [3.05, 3.63) is 62.3 Å². The number of carbonyl (C=O) groups is 1. The zero-order valence-corrected chi connectivity index (χ0v) is 11.7. The van der Waals surface area contributed by atoms with Crippen LogP contribution in [0.1, 0.15) is 20.1 Å². The number of carbonyl (C=O) groups excluding carboxylic acids is 1. The third-order valence-electron chi connectivity index (χ3n) is 2.28. The van der Waals surface area contributed by atoms with Crippen molar-refractivity contribution >= 4 is 39.1 Å². The number of hydrogen-bond acceptors (Lipinski definition) is 2. The number of thiophene rings is 1. The highest BCUT2D eigenvalue weighted by atomic mass is 79.9. The maximum Gasteiger partial charge on any atom is 0.195 e. The molecule has 0 atom stereocenters. The molecule has 86 valence electrons. The van der Waals surface area contributed by atoms with Gasteiger partial charge < -0.3 is 0 Å². The van der Waals surface area contributed by atoms with E-state index >= 15 is 0 Å². The molecule has 17 heavy (non-hydrogen) atoms. The second-order valence-corrected chi connectivity index (χ2v) is 5.86. The molecule has 0 fully saturated rings. The maximum absolute atomic E-state index is 11.8. The summed E-state index contributed by atoms with van der Waals surface area (Å²) in [5.74, 6) is 0.0611. The Balaban J connectivity index is 2.10. The van der Waals surface area contributed by atoms with Crippen molar-refractivity contribution in [3.8, 4) is 0 Å². The molecule has 0 spiro atoms. The van der Waals surface area contributed by atoms with E-state index < -0.39 is 0 Å². The molecule has 0 aliphatic rings. The lowest BCUT2D eigenvalue weighted by molar-refractivity contribution is 0.105. The number of aryl methyl sites for hydroxylation is 1. The van der Waals surface area contributed by atoms with Gasteiger partial charge in [0.1, 0.15) is 0 Å². The Labute approximate surface area is 113 Å². The molecule has 0 unspecified atom stereocenters. The van der Waals surface area contributed by atoms with Crippen molar-refractivity contribution < 1.29 is 4.79 Å². The van der Waals surface area contributed by atoms with Crippen LogP contribution in [-0.4, -0.2) is 5.78 Å². The SMILES string of the molecule is Cc1ccc(C(=O)C=Cc2ccc(Br)cc2)s1. The Kier molecular flexibility index (Phi) is 3.92. The number of ketones is 1. The summed E-state index contributed by atoms with van der Waals surface area (Å²) in [6, 6.07) is 11.7. The van der Waals surface area contributed by atoms with E-state index in [2.05, 4.69) is 15.9 Å².